The normalized spacial score (nSPS) is 12.7. The number of aromatic nitrogens is 2. The molecule has 1 aliphatic heterocycles. The molecule has 0 N–H and O–H groups in total. The Bertz CT molecular complexity index is 1420. The van der Waals surface area contributed by atoms with Crippen LogP contribution in [0.2, 0.25) is 10.0 Å². The lowest BCUT2D eigenvalue weighted by atomic mass is 10.0. The van der Waals surface area contributed by atoms with E-state index in [0.29, 0.717) is 0 Å². The minimum atomic E-state index is 0.762. The first-order valence-electron chi connectivity index (χ1n) is 10.5. The number of rotatable bonds is 3. The first-order chi connectivity index (χ1) is 15.2. The quantitative estimate of drug-likeness (QED) is 0.271. The molecule has 3 aromatic carbocycles. The van der Waals surface area contributed by atoms with Gasteiger partial charge in [0.15, 0.2) is 0 Å². The van der Waals surface area contributed by atoms with Gasteiger partial charge in [0.1, 0.15) is 0 Å². The van der Waals surface area contributed by atoms with Gasteiger partial charge in [-0.05, 0) is 65.6 Å². The van der Waals surface area contributed by atoms with Gasteiger partial charge in [-0.1, -0.05) is 65.7 Å². The summed E-state index contributed by atoms with van der Waals surface area (Å²) >= 11 is 12.4. The molecular weight excluding hydrogens is 423 g/mol. The van der Waals surface area contributed by atoms with Crippen LogP contribution in [0.5, 0.6) is 0 Å². The van der Waals surface area contributed by atoms with E-state index in [4.69, 9.17) is 23.2 Å². The number of halogens is 2. The van der Waals surface area contributed by atoms with Crippen molar-refractivity contribution in [3.8, 4) is 22.6 Å². The van der Waals surface area contributed by atoms with Crippen LogP contribution >= 0.6 is 23.2 Å². The van der Waals surface area contributed by atoms with E-state index in [1.165, 1.54) is 44.7 Å². The van der Waals surface area contributed by atoms with Crippen LogP contribution in [0.25, 0.3) is 33.5 Å². The molecule has 3 heterocycles. The van der Waals surface area contributed by atoms with Crippen molar-refractivity contribution in [3.63, 3.8) is 0 Å². The molecule has 152 valence electrons. The van der Waals surface area contributed by atoms with Crippen molar-refractivity contribution in [2.75, 3.05) is 0 Å². The summed E-state index contributed by atoms with van der Waals surface area (Å²) in [6.45, 7) is 1.76. The summed E-state index contributed by atoms with van der Waals surface area (Å²) in [7, 11) is 0. The van der Waals surface area contributed by atoms with Crippen LogP contribution in [0, 0.1) is 0 Å². The van der Waals surface area contributed by atoms with Gasteiger partial charge in [0.05, 0.1) is 11.4 Å². The third-order valence-electron chi connectivity index (χ3n) is 6.25. The first-order valence-corrected chi connectivity index (χ1v) is 11.2. The molecule has 0 aliphatic carbocycles. The summed E-state index contributed by atoms with van der Waals surface area (Å²) < 4.78 is 4.89. The van der Waals surface area contributed by atoms with Crippen molar-refractivity contribution in [1.82, 2.24) is 9.13 Å². The maximum Gasteiger partial charge on any atom is 0.0695 e. The largest absolute Gasteiger partial charge is 0.339 e. The molecule has 0 radical (unpaired) electrons. The Hall–Kier alpha value is -2.94. The van der Waals surface area contributed by atoms with Crippen LogP contribution in [0.4, 0.5) is 0 Å². The molecule has 1 aliphatic rings. The van der Waals surface area contributed by atoms with Crippen molar-refractivity contribution in [2.24, 2.45) is 0 Å². The SMILES string of the molecule is Clc1ccc(-c2ccc3n2CCc2c-3n(Cc3cccc(Cl)c3)c3ccccc23)cc1. The van der Waals surface area contributed by atoms with Crippen molar-refractivity contribution in [3.05, 3.63) is 106 Å². The number of hydrogen-bond donors (Lipinski definition) is 0. The second-order valence-corrected chi connectivity index (χ2v) is 8.95. The predicted octanol–water partition coefficient (Wildman–Crippen LogP) is 7.69. The third-order valence-corrected chi connectivity index (χ3v) is 6.74. The standard InChI is InChI=1S/C27H20Cl2N2/c28-20-10-8-19(9-11-20)24-12-13-26-27-23(14-15-30(24)26)22-6-1-2-7-25(22)31(27)17-18-4-3-5-21(29)16-18/h1-13,16H,14-15,17H2. The van der Waals surface area contributed by atoms with E-state index >= 15 is 0 Å². The third kappa shape index (κ3) is 3.10. The smallest absolute Gasteiger partial charge is 0.0695 e. The zero-order valence-corrected chi connectivity index (χ0v) is 18.4. The number of aryl methyl sites for hydroxylation is 1. The van der Waals surface area contributed by atoms with Gasteiger partial charge < -0.3 is 9.13 Å². The zero-order valence-electron chi connectivity index (χ0n) is 16.9. The molecule has 5 aromatic rings. The molecule has 0 saturated heterocycles. The van der Waals surface area contributed by atoms with Gasteiger partial charge in [0.2, 0.25) is 0 Å². The molecule has 0 amide bonds. The minimum absolute atomic E-state index is 0.762. The average molecular weight is 443 g/mol. The number of nitrogens with zero attached hydrogens (tertiary/aromatic N) is 2. The number of hydrogen-bond acceptors (Lipinski definition) is 0. The molecule has 0 fully saturated rings. The fraction of sp³-hybridized carbons (Fsp3) is 0.111. The van der Waals surface area contributed by atoms with E-state index in [1.54, 1.807) is 0 Å². The highest BCUT2D eigenvalue weighted by molar-refractivity contribution is 6.30. The van der Waals surface area contributed by atoms with Crippen LogP contribution in [0.1, 0.15) is 11.1 Å². The molecule has 4 heteroatoms. The molecular formula is C27H20Cl2N2. The van der Waals surface area contributed by atoms with Crippen molar-refractivity contribution in [1.29, 1.82) is 0 Å². The Morgan fingerprint density at radius 2 is 1.55 bits per heavy atom. The second kappa shape index (κ2) is 7.33. The Balaban J connectivity index is 1.56. The Labute approximate surface area is 191 Å². The van der Waals surface area contributed by atoms with Crippen LogP contribution in [-0.2, 0) is 19.5 Å². The molecule has 0 spiro atoms. The molecule has 0 bridgehead atoms. The molecule has 0 saturated carbocycles. The van der Waals surface area contributed by atoms with Gasteiger partial charge in [-0.3, -0.25) is 0 Å². The molecule has 0 unspecified atom stereocenters. The first kappa shape index (κ1) is 18.8. The fourth-order valence-corrected chi connectivity index (χ4v) is 5.25. The van der Waals surface area contributed by atoms with Crippen LogP contribution in [0.3, 0.4) is 0 Å². The Morgan fingerprint density at radius 3 is 2.39 bits per heavy atom. The highest BCUT2D eigenvalue weighted by Gasteiger charge is 2.26. The lowest BCUT2D eigenvalue weighted by Crippen LogP contribution is -2.14. The van der Waals surface area contributed by atoms with E-state index in [2.05, 4.69) is 69.8 Å². The molecule has 0 atom stereocenters. The molecule has 2 aromatic heterocycles. The lowest BCUT2D eigenvalue weighted by molar-refractivity contribution is 0.683. The summed E-state index contributed by atoms with van der Waals surface area (Å²) in [5, 5.41) is 2.88. The predicted molar refractivity (Wildman–Crippen MR) is 130 cm³/mol. The van der Waals surface area contributed by atoms with Gasteiger partial charge in [-0.2, -0.15) is 0 Å². The van der Waals surface area contributed by atoms with Crippen molar-refractivity contribution in [2.45, 2.75) is 19.5 Å². The van der Waals surface area contributed by atoms with Gasteiger partial charge in [-0.25, -0.2) is 0 Å². The molecule has 2 nitrogen and oxygen atoms in total. The monoisotopic (exact) mass is 442 g/mol. The van der Waals surface area contributed by atoms with Gasteiger partial charge in [-0.15, -0.1) is 0 Å². The van der Waals surface area contributed by atoms with Crippen LogP contribution < -0.4 is 0 Å². The minimum Gasteiger partial charge on any atom is -0.339 e. The van der Waals surface area contributed by atoms with E-state index in [0.717, 1.165) is 29.6 Å². The maximum atomic E-state index is 6.29. The Kier molecular flexibility index (Phi) is 4.45. The van der Waals surface area contributed by atoms with Gasteiger partial charge >= 0.3 is 0 Å². The molecule has 31 heavy (non-hydrogen) atoms. The topological polar surface area (TPSA) is 9.86 Å². The van der Waals surface area contributed by atoms with E-state index in [1.807, 2.05) is 24.3 Å². The van der Waals surface area contributed by atoms with E-state index in [-0.39, 0.29) is 0 Å². The zero-order chi connectivity index (χ0) is 20.9. The average Bonchev–Trinajstić information content (AvgIpc) is 3.34. The summed E-state index contributed by atoms with van der Waals surface area (Å²) in [6.07, 6.45) is 1.01. The molecule has 6 rings (SSSR count). The number of para-hydroxylation sites is 1. The maximum absolute atomic E-state index is 6.29. The van der Waals surface area contributed by atoms with Gasteiger partial charge in [0, 0.05) is 39.7 Å². The fourth-order valence-electron chi connectivity index (χ4n) is 4.91. The number of benzene rings is 3. The van der Waals surface area contributed by atoms with Crippen LogP contribution in [0.15, 0.2) is 84.9 Å². The summed E-state index contributed by atoms with van der Waals surface area (Å²) in [5.74, 6) is 0. The van der Waals surface area contributed by atoms with Crippen molar-refractivity contribution < 1.29 is 0 Å². The Morgan fingerprint density at radius 1 is 0.742 bits per heavy atom. The highest BCUT2D eigenvalue weighted by atomic mass is 35.5. The summed E-state index contributed by atoms with van der Waals surface area (Å²) in [5.41, 5.74) is 8.92. The van der Waals surface area contributed by atoms with Gasteiger partial charge in [0.25, 0.3) is 0 Å². The van der Waals surface area contributed by atoms with E-state index in [9.17, 15) is 0 Å². The summed E-state index contributed by atoms with van der Waals surface area (Å²) in [6, 6.07) is 29.5. The summed E-state index contributed by atoms with van der Waals surface area (Å²) in [4.78, 5) is 0. The van der Waals surface area contributed by atoms with Crippen molar-refractivity contribution >= 4 is 34.1 Å². The number of fused-ring (bicyclic) bond motifs is 5. The van der Waals surface area contributed by atoms with E-state index < -0.39 is 0 Å². The highest BCUT2D eigenvalue weighted by Crippen LogP contribution is 2.41. The second-order valence-electron chi connectivity index (χ2n) is 8.07. The lowest BCUT2D eigenvalue weighted by Gasteiger charge is -2.22. The van der Waals surface area contributed by atoms with Crippen LogP contribution in [-0.4, -0.2) is 9.13 Å².